The summed E-state index contributed by atoms with van der Waals surface area (Å²) in [5.74, 6) is 1.18. The quantitative estimate of drug-likeness (QED) is 0.603. The molecule has 2 heterocycles. The predicted octanol–water partition coefficient (Wildman–Crippen LogP) is 3.72. The molecule has 0 atom stereocenters. The zero-order valence-corrected chi connectivity index (χ0v) is 16.7. The number of pyridine rings is 1. The van der Waals surface area contributed by atoms with Gasteiger partial charge in [-0.25, -0.2) is 0 Å². The third kappa shape index (κ3) is 3.83. The van der Waals surface area contributed by atoms with Crippen molar-refractivity contribution in [2.75, 3.05) is 13.7 Å². The molecule has 1 fully saturated rings. The second-order valence-corrected chi connectivity index (χ2v) is 7.40. The van der Waals surface area contributed by atoms with E-state index >= 15 is 0 Å². The fourth-order valence-corrected chi connectivity index (χ4v) is 3.49. The molecule has 2 N–H and O–H groups in total. The molecule has 4 rings (SSSR count). The van der Waals surface area contributed by atoms with Crippen LogP contribution >= 0.6 is 0 Å². The highest BCUT2D eigenvalue weighted by Crippen LogP contribution is 2.35. The third-order valence-electron chi connectivity index (χ3n) is 5.33. The smallest absolute Gasteiger partial charge is 0.275 e. The Morgan fingerprint density at radius 3 is 2.86 bits per heavy atom. The molecule has 29 heavy (non-hydrogen) atoms. The van der Waals surface area contributed by atoms with Crippen LogP contribution in [0.3, 0.4) is 0 Å². The number of benzene rings is 1. The van der Waals surface area contributed by atoms with Crippen LogP contribution in [-0.2, 0) is 6.54 Å². The van der Waals surface area contributed by atoms with Crippen LogP contribution in [0.5, 0.6) is 5.75 Å². The summed E-state index contributed by atoms with van der Waals surface area (Å²) < 4.78 is 7.24. The first kappa shape index (κ1) is 19.1. The zero-order valence-electron chi connectivity index (χ0n) is 16.7. The van der Waals surface area contributed by atoms with Gasteiger partial charge in [0.1, 0.15) is 11.3 Å². The summed E-state index contributed by atoms with van der Waals surface area (Å²) in [5, 5.41) is 3.81. The summed E-state index contributed by atoms with van der Waals surface area (Å²) in [6.45, 7) is 3.11. The molecular formula is C23H25N3O3. The Morgan fingerprint density at radius 1 is 1.31 bits per heavy atom. The maximum absolute atomic E-state index is 12.8. The van der Waals surface area contributed by atoms with Gasteiger partial charge in [-0.2, -0.15) is 0 Å². The van der Waals surface area contributed by atoms with Crippen molar-refractivity contribution >= 4 is 16.8 Å². The van der Waals surface area contributed by atoms with Crippen LogP contribution in [0.2, 0.25) is 0 Å². The summed E-state index contributed by atoms with van der Waals surface area (Å²) >= 11 is 0. The van der Waals surface area contributed by atoms with Crippen LogP contribution < -0.4 is 15.6 Å². The predicted molar refractivity (Wildman–Crippen MR) is 114 cm³/mol. The molecule has 0 unspecified atom stereocenters. The molecule has 1 amide bonds. The van der Waals surface area contributed by atoms with Crippen molar-refractivity contribution in [2.45, 2.75) is 26.3 Å². The van der Waals surface area contributed by atoms with E-state index in [4.69, 9.17) is 4.74 Å². The van der Waals surface area contributed by atoms with E-state index in [2.05, 4.69) is 10.3 Å². The summed E-state index contributed by atoms with van der Waals surface area (Å²) in [7, 11) is 1.61. The molecule has 1 aliphatic carbocycles. The monoisotopic (exact) mass is 391 g/mol. The average Bonchev–Trinajstić information content (AvgIpc) is 3.44. The first-order chi connectivity index (χ1) is 14.1. The standard InChI is InChI=1S/C23H25N3O3/c1-3-4-11-26-14-19(17-9-10-24-21(17)23(26)28)18-12-16(7-8-20(18)29-2)22(27)25-13-15-5-6-15/h3-4,7-10,12,14-15,24H,5-6,11,13H2,1-2H3,(H,25,27). The van der Waals surface area contributed by atoms with E-state index < -0.39 is 0 Å². The number of hydrogen-bond acceptors (Lipinski definition) is 3. The normalized spacial score (nSPS) is 13.9. The second kappa shape index (κ2) is 7.99. The van der Waals surface area contributed by atoms with E-state index in [1.165, 1.54) is 12.8 Å². The maximum atomic E-state index is 12.8. The van der Waals surface area contributed by atoms with Gasteiger partial charge in [-0.3, -0.25) is 9.59 Å². The Morgan fingerprint density at radius 2 is 2.14 bits per heavy atom. The lowest BCUT2D eigenvalue weighted by Crippen LogP contribution is -2.25. The van der Waals surface area contributed by atoms with Gasteiger partial charge in [-0.15, -0.1) is 0 Å². The van der Waals surface area contributed by atoms with E-state index in [0.717, 1.165) is 23.1 Å². The topological polar surface area (TPSA) is 76.1 Å². The minimum Gasteiger partial charge on any atom is -0.496 e. The number of allylic oxidation sites excluding steroid dienone is 2. The molecule has 0 spiro atoms. The van der Waals surface area contributed by atoms with Crippen LogP contribution in [0.4, 0.5) is 0 Å². The number of aromatic nitrogens is 2. The molecule has 1 aromatic carbocycles. The Hall–Kier alpha value is -3.28. The fourth-order valence-electron chi connectivity index (χ4n) is 3.49. The number of rotatable bonds is 7. The molecule has 6 nitrogen and oxygen atoms in total. The van der Waals surface area contributed by atoms with E-state index in [0.29, 0.717) is 29.3 Å². The number of carbonyl (C=O) groups excluding carboxylic acids is 1. The van der Waals surface area contributed by atoms with E-state index in [-0.39, 0.29) is 11.5 Å². The Bertz CT molecular complexity index is 1140. The summed E-state index contributed by atoms with van der Waals surface area (Å²) in [4.78, 5) is 28.4. The number of methoxy groups -OCH3 is 1. The molecule has 0 radical (unpaired) electrons. The molecule has 3 aromatic rings. The molecule has 150 valence electrons. The average molecular weight is 391 g/mol. The number of fused-ring (bicyclic) bond motifs is 1. The molecular weight excluding hydrogens is 366 g/mol. The van der Waals surface area contributed by atoms with Crippen molar-refractivity contribution in [2.24, 2.45) is 5.92 Å². The number of carbonyl (C=O) groups is 1. The Labute approximate surface area is 169 Å². The lowest BCUT2D eigenvalue weighted by Gasteiger charge is -2.14. The highest BCUT2D eigenvalue weighted by Gasteiger charge is 2.22. The third-order valence-corrected chi connectivity index (χ3v) is 5.33. The first-order valence-electron chi connectivity index (χ1n) is 9.90. The van der Waals surface area contributed by atoms with Gasteiger partial charge in [-0.1, -0.05) is 12.2 Å². The van der Waals surface area contributed by atoms with Crippen molar-refractivity contribution in [1.29, 1.82) is 0 Å². The molecule has 0 aliphatic heterocycles. The molecule has 0 bridgehead atoms. The zero-order chi connectivity index (χ0) is 20.4. The number of hydrogen-bond donors (Lipinski definition) is 2. The first-order valence-corrected chi connectivity index (χ1v) is 9.90. The van der Waals surface area contributed by atoms with Crippen LogP contribution in [0, 0.1) is 5.92 Å². The highest BCUT2D eigenvalue weighted by atomic mass is 16.5. The number of ether oxygens (including phenoxy) is 1. The summed E-state index contributed by atoms with van der Waals surface area (Å²) in [6, 6.07) is 7.30. The minimum atomic E-state index is -0.0895. The van der Waals surface area contributed by atoms with Crippen molar-refractivity contribution in [3.05, 3.63) is 64.7 Å². The van der Waals surface area contributed by atoms with E-state index in [9.17, 15) is 9.59 Å². The SMILES string of the molecule is CC=CCn1cc(-c2cc(C(=O)NCC3CC3)ccc2OC)c2cc[nH]c2c1=O. The number of nitrogens with zero attached hydrogens (tertiary/aromatic N) is 1. The van der Waals surface area contributed by atoms with Crippen molar-refractivity contribution < 1.29 is 9.53 Å². The number of aromatic amines is 1. The summed E-state index contributed by atoms with van der Waals surface area (Å²) in [5.41, 5.74) is 2.67. The largest absolute Gasteiger partial charge is 0.496 e. The van der Waals surface area contributed by atoms with Gasteiger partial charge in [0.25, 0.3) is 11.5 Å². The molecule has 1 aliphatic rings. The van der Waals surface area contributed by atoms with E-state index in [1.807, 2.05) is 37.4 Å². The van der Waals surface area contributed by atoms with Gasteiger partial charge in [-0.05, 0) is 49.9 Å². The molecule has 2 aromatic heterocycles. The van der Waals surface area contributed by atoms with Gasteiger partial charge < -0.3 is 19.6 Å². The lowest BCUT2D eigenvalue weighted by atomic mass is 10.00. The second-order valence-electron chi connectivity index (χ2n) is 7.40. The fraction of sp³-hybridized carbons (Fsp3) is 0.304. The molecule has 1 saturated carbocycles. The number of nitrogens with one attached hydrogen (secondary N) is 2. The molecule has 0 saturated heterocycles. The van der Waals surface area contributed by atoms with Gasteiger partial charge >= 0.3 is 0 Å². The molecule has 6 heteroatoms. The van der Waals surface area contributed by atoms with Gasteiger partial charge in [0, 0.05) is 47.6 Å². The van der Waals surface area contributed by atoms with Crippen molar-refractivity contribution in [3.63, 3.8) is 0 Å². The van der Waals surface area contributed by atoms with Crippen LogP contribution in [-0.4, -0.2) is 29.1 Å². The highest BCUT2D eigenvalue weighted by molar-refractivity contribution is 6.00. The van der Waals surface area contributed by atoms with Crippen molar-refractivity contribution in [3.8, 4) is 16.9 Å². The van der Waals surface area contributed by atoms with Gasteiger partial charge in [0.15, 0.2) is 0 Å². The Balaban J connectivity index is 1.82. The van der Waals surface area contributed by atoms with Crippen molar-refractivity contribution in [1.82, 2.24) is 14.9 Å². The van der Waals surface area contributed by atoms with Gasteiger partial charge in [0.05, 0.1) is 7.11 Å². The van der Waals surface area contributed by atoms with Crippen LogP contribution in [0.1, 0.15) is 30.1 Å². The maximum Gasteiger partial charge on any atom is 0.275 e. The summed E-state index contributed by atoms with van der Waals surface area (Å²) in [6.07, 6.45) is 9.81. The minimum absolute atomic E-state index is 0.0795. The number of H-pyrrole nitrogens is 1. The number of amides is 1. The van der Waals surface area contributed by atoms with Gasteiger partial charge in [0.2, 0.25) is 0 Å². The van der Waals surface area contributed by atoms with E-state index in [1.54, 1.807) is 30.0 Å². The Kier molecular flexibility index (Phi) is 5.25. The van der Waals surface area contributed by atoms with Crippen LogP contribution in [0.15, 0.2) is 53.6 Å². The lowest BCUT2D eigenvalue weighted by molar-refractivity contribution is 0.0952. The van der Waals surface area contributed by atoms with Crippen LogP contribution in [0.25, 0.3) is 22.0 Å².